The van der Waals surface area contributed by atoms with Crippen molar-refractivity contribution in [3.8, 4) is 0 Å². The van der Waals surface area contributed by atoms with Crippen molar-refractivity contribution in [1.82, 2.24) is 9.97 Å². The molecular formula is C12H22N4. The lowest BCUT2D eigenvalue weighted by Gasteiger charge is -2.15. The van der Waals surface area contributed by atoms with Crippen molar-refractivity contribution in [2.24, 2.45) is 5.92 Å². The van der Waals surface area contributed by atoms with Crippen molar-refractivity contribution < 1.29 is 0 Å². The lowest BCUT2D eigenvalue weighted by Crippen LogP contribution is -2.14. The molecule has 0 amide bonds. The highest BCUT2D eigenvalue weighted by molar-refractivity contribution is 5.37. The SMILES string of the molecule is CCCCC(CC)CNc1ccnc(N)n1. The summed E-state index contributed by atoms with van der Waals surface area (Å²) in [5.41, 5.74) is 5.52. The third-order valence-corrected chi connectivity index (χ3v) is 2.79. The van der Waals surface area contributed by atoms with E-state index in [4.69, 9.17) is 5.73 Å². The molecule has 0 spiro atoms. The van der Waals surface area contributed by atoms with Crippen LogP contribution >= 0.6 is 0 Å². The average molecular weight is 222 g/mol. The highest BCUT2D eigenvalue weighted by atomic mass is 15.1. The highest BCUT2D eigenvalue weighted by Crippen LogP contribution is 2.13. The van der Waals surface area contributed by atoms with Crippen molar-refractivity contribution in [3.05, 3.63) is 12.3 Å². The van der Waals surface area contributed by atoms with Crippen LogP contribution in [-0.4, -0.2) is 16.5 Å². The minimum absolute atomic E-state index is 0.326. The molecule has 0 saturated carbocycles. The minimum Gasteiger partial charge on any atom is -0.370 e. The van der Waals surface area contributed by atoms with Crippen molar-refractivity contribution in [3.63, 3.8) is 0 Å². The zero-order chi connectivity index (χ0) is 11.8. The van der Waals surface area contributed by atoms with Gasteiger partial charge in [-0.15, -0.1) is 0 Å². The molecule has 16 heavy (non-hydrogen) atoms. The molecule has 0 radical (unpaired) electrons. The maximum Gasteiger partial charge on any atom is 0.221 e. The Balaban J connectivity index is 2.37. The molecule has 0 aromatic carbocycles. The van der Waals surface area contributed by atoms with Gasteiger partial charge in [0.25, 0.3) is 0 Å². The van der Waals surface area contributed by atoms with Crippen LogP contribution in [0.15, 0.2) is 12.3 Å². The average Bonchev–Trinajstić information content (AvgIpc) is 2.29. The van der Waals surface area contributed by atoms with Crippen molar-refractivity contribution in [2.45, 2.75) is 39.5 Å². The van der Waals surface area contributed by atoms with Gasteiger partial charge in [-0.2, -0.15) is 4.98 Å². The first-order valence-corrected chi connectivity index (χ1v) is 6.08. The number of nitrogens with two attached hydrogens (primary N) is 1. The molecule has 1 unspecified atom stereocenters. The Morgan fingerprint density at radius 2 is 2.25 bits per heavy atom. The number of hydrogen-bond donors (Lipinski definition) is 2. The highest BCUT2D eigenvalue weighted by Gasteiger charge is 2.05. The largest absolute Gasteiger partial charge is 0.370 e. The van der Waals surface area contributed by atoms with Gasteiger partial charge in [-0.05, 0) is 18.4 Å². The summed E-state index contributed by atoms with van der Waals surface area (Å²) >= 11 is 0. The van der Waals surface area contributed by atoms with E-state index >= 15 is 0 Å². The van der Waals surface area contributed by atoms with E-state index < -0.39 is 0 Å². The van der Waals surface area contributed by atoms with Crippen LogP contribution in [0.5, 0.6) is 0 Å². The van der Waals surface area contributed by atoms with E-state index in [0.717, 1.165) is 18.3 Å². The molecule has 0 saturated heterocycles. The molecule has 0 aliphatic carbocycles. The second-order valence-corrected chi connectivity index (χ2v) is 4.10. The van der Waals surface area contributed by atoms with Crippen LogP contribution in [0.3, 0.4) is 0 Å². The number of aromatic nitrogens is 2. The molecule has 0 aliphatic rings. The number of hydrogen-bond acceptors (Lipinski definition) is 4. The Hall–Kier alpha value is -1.32. The molecule has 90 valence electrons. The molecule has 1 aromatic rings. The fraction of sp³-hybridized carbons (Fsp3) is 0.667. The van der Waals surface area contributed by atoms with Crippen LogP contribution in [0.1, 0.15) is 39.5 Å². The first-order valence-electron chi connectivity index (χ1n) is 6.08. The molecule has 4 nitrogen and oxygen atoms in total. The van der Waals surface area contributed by atoms with Crippen LogP contribution < -0.4 is 11.1 Å². The zero-order valence-corrected chi connectivity index (χ0v) is 10.2. The van der Waals surface area contributed by atoms with E-state index in [0.29, 0.717) is 5.95 Å². The summed E-state index contributed by atoms with van der Waals surface area (Å²) in [7, 11) is 0. The summed E-state index contributed by atoms with van der Waals surface area (Å²) in [6, 6.07) is 1.85. The Labute approximate surface area is 97.7 Å². The molecule has 1 atom stereocenters. The molecule has 0 bridgehead atoms. The van der Waals surface area contributed by atoms with Gasteiger partial charge in [0.15, 0.2) is 0 Å². The lowest BCUT2D eigenvalue weighted by molar-refractivity contribution is 0.472. The molecule has 0 fully saturated rings. The Morgan fingerprint density at radius 1 is 1.44 bits per heavy atom. The summed E-state index contributed by atoms with van der Waals surface area (Å²) in [6.45, 7) is 5.43. The van der Waals surface area contributed by atoms with Gasteiger partial charge >= 0.3 is 0 Å². The number of nitrogen functional groups attached to an aromatic ring is 1. The number of rotatable bonds is 7. The monoisotopic (exact) mass is 222 g/mol. The fourth-order valence-corrected chi connectivity index (χ4v) is 1.66. The predicted octanol–water partition coefficient (Wildman–Crippen LogP) is 2.69. The van der Waals surface area contributed by atoms with Crippen LogP contribution in [-0.2, 0) is 0 Å². The van der Waals surface area contributed by atoms with Gasteiger partial charge in [-0.3, -0.25) is 0 Å². The number of anilines is 2. The third kappa shape index (κ3) is 4.47. The van der Waals surface area contributed by atoms with Gasteiger partial charge in [0, 0.05) is 12.7 Å². The number of unbranched alkanes of at least 4 members (excludes halogenated alkanes) is 1. The van der Waals surface area contributed by atoms with E-state index in [-0.39, 0.29) is 0 Å². The molecule has 1 aromatic heterocycles. The van der Waals surface area contributed by atoms with Crippen molar-refractivity contribution in [1.29, 1.82) is 0 Å². The quantitative estimate of drug-likeness (QED) is 0.744. The maximum absolute atomic E-state index is 5.52. The summed E-state index contributed by atoms with van der Waals surface area (Å²) in [5.74, 6) is 1.87. The van der Waals surface area contributed by atoms with Crippen LogP contribution in [0.25, 0.3) is 0 Å². The first kappa shape index (κ1) is 12.7. The van der Waals surface area contributed by atoms with Gasteiger partial charge < -0.3 is 11.1 Å². The third-order valence-electron chi connectivity index (χ3n) is 2.79. The lowest BCUT2D eigenvalue weighted by atomic mass is 9.99. The van der Waals surface area contributed by atoms with Gasteiger partial charge in [0.2, 0.25) is 5.95 Å². The topological polar surface area (TPSA) is 63.8 Å². The summed E-state index contributed by atoms with van der Waals surface area (Å²) < 4.78 is 0. The van der Waals surface area contributed by atoms with E-state index in [1.165, 1.54) is 25.7 Å². The summed E-state index contributed by atoms with van der Waals surface area (Å²) in [5, 5.41) is 3.31. The van der Waals surface area contributed by atoms with Crippen LogP contribution in [0.4, 0.5) is 11.8 Å². The minimum atomic E-state index is 0.326. The van der Waals surface area contributed by atoms with Crippen LogP contribution in [0.2, 0.25) is 0 Å². The molecule has 3 N–H and O–H groups in total. The van der Waals surface area contributed by atoms with E-state index in [9.17, 15) is 0 Å². The standard InChI is InChI=1S/C12H22N4/c1-3-5-6-10(4-2)9-15-11-7-8-14-12(13)16-11/h7-8,10H,3-6,9H2,1-2H3,(H3,13,14,15,16). The van der Waals surface area contributed by atoms with Gasteiger partial charge in [0.1, 0.15) is 5.82 Å². The molecule has 1 rings (SSSR count). The Kier molecular flexibility index (Phi) is 5.61. The van der Waals surface area contributed by atoms with Crippen molar-refractivity contribution in [2.75, 3.05) is 17.6 Å². The van der Waals surface area contributed by atoms with Gasteiger partial charge in [-0.1, -0.05) is 33.1 Å². The molecule has 0 aliphatic heterocycles. The zero-order valence-electron chi connectivity index (χ0n) is 10.2. The predicted molar refractivity (Wildman–Crippen MR) is 68.2 cm³/mol. The van der Waals surface area contributed by atoms with Crippen molar-refractivity contribution >= 4 is 11.8 Å². The molecule has 4 heteroatoms. The Morgan fingerprint density at radius 3 is 2.88 bits per heavy atom. The maximum atomic E-state index is 5.52. The second-order valence-electron chi connectivity index (χ2n) is 4.10. The van der Waals surface area contributed by atoms with E-state index in [1.54, 1.807) is 6.20 Å². The van der Waals surface area contributed by atoms with Crippen LogP contribution in [0, 0.1) is 5.92 Å². The smallest absolute Gasteiger partial charge is 0.221 e. The summed E-state index contributed by atoms with van der Waals surface area (Å²) in [6.07, 6.45) is 6.72. The normalized spacial score (nSPS) is 12.4. The van der Waals surface area contributed by atoms with Gasteiger partial charge in [-0.25, -0.2) is 4.98 Å². The van der Waals surface area contributed by atoms with E-state index in [1.807, 2.05) is 6.07 Å². The second kappa shape index (κ2) is 7.04. The molecular weight excluding hydrogens is 200 g/mol. The Bertz CT molecular complexity index is 301. The first-order chi connectivity index (χ1) is 7.76. The van der Waals surface area contributed by atoms with E-state index in [2.05, 4.69) is 29.1 Å². The number of nitrogens with zero attached hydrogens (tertiary/aromatic N) is 2. The summed E-state index contributed by atoms with van der Waals surface area (Å²) in [4.78, 5) is 7.98. The fourth-order valence-electron chi connectivity index (χ4n) is 1.66. The van der Waals surface area contributed by atoms with Gasteiger partial charge in [0.05, 0.1) is 0 Å². The molecule has 1 heterocycles. The number of nitrogens with one attached hydrogen (secondary N) is 1.